The number of aromatic nitrogens is 1. The first-order valence-electron chi connectivity index (χ1n) is 6.06. The molecule has 1 aromatic carbocycles. The van der Waals surface area contributed by atoms with Crippen molar-refractivity contribution in [2.75, 3.05) is 11.8 Å². The third-order valence-corrected chi connectivity index (χ3v) is 4.67. The van der Waals surface area contributed by atoms with Gasteiger partial charge >= 0.3 is 0 Å². The van der Waals surface area contributed by atoms with E-state index in [-0.39, 0.29) is 22.1 Å². The fourth-order valence-corrected chi connectivity index (χ4v) is 3.06. The number of nitrogens with one attached hydrogen (secondary N) is 1. The van der Waals surface area contributed by atoms with Gasteiger partial charge in [0.1, 0.15) is 0 Å². The number of anilines is 1. The minimum absolute atomic E-state index is 0.0156. The van der Waals surface area contributed by atoms with Crippen LogP contribution >= 0.6 is 0 Å². The van der Waals surface area contributed by atoms with Crippen LogP contribution in [0.4, 0.5) is 10.3 Å². The van der Waals surface area contributed by atoms with Crippen molar-refractivity contribution in [3.05, 3.63) is 34.8 Å². The molecule has 21 heavy (non-hydrogen) atoms. The van der Waals surface area contributed by atoms with Crippen molar-refractivity contribution in [3.63, 3.8) is 0 Å². The van der Waals surface area contributed by atoms with Crippen molar-refractivity contribution in [2.24, 2.45) is 0 Å². The largest absolute Gasteiger partial charge is 0.494 e. The number of aryl methyl sites for hydroxylation is 1. The van der Waals surface area contributed by atoms with Crippen molar-refractivity contribution >= 4 is 15.9 Å². The molecule has 2 rings (SSSR count). The first-order valence-corrected chi connectivity index (χ1v) is 7.55. The third-order valence-electron chi connectivity index (χ3n) is 3.19. The molecular formula is C13H15FN2O4S. The molecule has 1 aromatic heterocycles. The highest BCUT2D eigenvalue weighted by Gasteiger charge is 2.23. The molecule has 2 aromatic rings. The van der Waals surface area contributed by atoms with E-state index >= 15 is 0 Å². The first-order chi connectivity index (χ1) is 9.77. The van der Waals surface area contributed by atoms with Crippen LogP contribution in [-0.4, -0.2) is 20.7 Å². The molecule has 0 fully saturated rings. The predicted octanol–water partition coefficient (Wildman–Crippen LogP) is 2.55. The van der Waals surface area contributed by atoms with E-state index in [1.165, 1.54) is 26.2 Å². The summed E-state index contributed by atoms with van der Waals surface area (Å²) in [5, 5.41) is 3.67. The molecule has 0 spiro atoms. The van der Waals surface area contributed by atoms with Gasteiger partial charge in [-0.25, -0.2) is 17.5 Å². The van der Waals surface area contributed by atoms with Crippen LogP contribution in [0.5, 0.6) is 5.75 Å². The number of sulfonamides is 1. The number of hydrogen-bond donors (Lipinski definition) is 1. The number of halogens is 1. The maximum atomic E-state index is 14.0. The molecule has 0 aliphatic carbocycles. The molecule has 0 saturated heterocycles. The number of methoxy groups -OCH3 is 1. The lowest BCUT2D eigenvalue weighted by molar-refractivity contribution is 0.384. The molecule has 0 unspecified atom stereocenters. The van der Waals surface area contributed by atoms with Crippen LogP contribution in [0.2, 0.25) is 0 Å². The summed E-state index contributed by atoms with van der Waals surface area (Å²) < 4.78 is 50.6. The Kier molecular flexibility index (Phi) is 3.91. The molecule has 6 nitrogen and oxygen atoms in total. The number of hydrogen-bond acceptors (Lipinski definition) is 5. The van der Waals surface area contributed by atoms with Gasteiger partial charge in [-0.3, -0.25) is 0 Å². The van der Waals surface area contributed by atoms with Gasteiger partial charge in [-0.1, -0.05) is 5.16 Å². The second-order valence-corrected chi connectivity index (χ2v) is 6.18. The highest BCUT2D eigenvalue weighted by Crippen LogP contribution is 2.28. The van der Waals surface area contributed by atoms with Gasteiger partial charge in [0.05, 0.1) is 17.7 Å². The average Bonchev–Trinajstić information content (AvgIpc) is 2.73. The van der Waals surface area contributed by atoms with E-state index in [9.17, 15) is 12.8 Å². The molecule has 0 saturated carbocycles. The molecule has 114 valence electrons. The Labute approximate surface area is 122 Å². The average molecular weight is 314 g/mol. The fourth-order valence-electron chi connectivity index (χ4n) is 1.78. The molecule has 0 radical (unpaired) electrons. The smallest absolute Gasteiger partial charge is 0.264 e. The Balaban J connectivity index is 2.45. The van der Waals surface area contributed by atoms with Gasteiger partial charge in [-0.15, -0.1) is 0 Å². The van der Waals surface area contributed by atoms with Crippen LogP contribution in [0.3, 0.4) is 0 Å². The molecule has 0 bridgehead atoms. The highest BCUT2D eigenvalue weighted by atomic mass is 32.2. The van der Waals surface area contributed by atoms with Crippen LogP contribution < -0.4 is 9.46 Å². The van der Waals surface area contributed by atoms with E-state index in [1.54, 1.807) is 13.8 Å². The van der Waals surface area contributed by atoms with Gasteiger partial charge in [-0.05, 0) is 32.9 Å². The van der Waals surface area contributed by atoms with Gasteiger partial charge in [0.25, 0.3) is 10.0 Å². The summed E-state index contributed by atoms with van der Waals surface area (Å²) in [4.78, 5) is -0.186. The predicted molar refractivity (Wildman–Crippen MR) is 74.5 cm³/mol. The molecule has 8 heteroatoms. The molecule has 1 N–H and O–H groups in total. The van der Waals surface area contributed by atoms with Crippen molar-refractivity contribution in [1.29, 1.82) is 0 Å². The van der Waals surface area contributed by atoms with Gasteiger partial charge in [0, 0.05) is 11.1 Å². The summed E-state index contributed by atoms with van der Waals surface area (Å²) in [6.45, 7) is 4.73. The maximum Gasteiger partial charge on any atom is 0.264 e. The Hall–Kier alpha value is -2.09. The van der Waals surface area contributed by atoms with Gasteiger partial charge in [0.15, 0.2) is 11.6 Å². The van der Waals surface area contributed by atoms with E-state index in [4.69, 9.17) is 9.26 Å². The number of rotatable bonds is 4. The summed E-state index contributed by atoms with van der Waals surface area (Å²) in [6.07, 6.45) is 0. The van der Waals surface area contributed by atoms with Crippen LogP contribution in [0.1, 0.15) is 16.8 Å². The maximum absolute atomic E-state index is 14.0. The molecule has 0 aliphatic rings. The molecule has 0 atom stereocenters. The van der Waals surface area contributed by atoms with Crippen LogP contribution in [0.15, 0.2) is 21.6 Å². The molecule has 0 aliphatic heterocycles. The first kappa shape index (κ1) is 15.3. The fraction of sp³-hybridized carbons (Fsp3) is 0.308. The van der Waals surface area contributed by atoms with E-state index < -0.39 is 15.8 Å². The summed E-state index contributed by atoms with van der Waals surface area (Å²) >= 11 is 0. The standard InChI is InChI=1S/C13H15FN2O4S/c1-7-9(3)15-20-13(7)16-21(17,18)11-6-5-10(19-4)12(14)8(11)2/h5-6,16H,1-4H3. The third kappa shape index (κ3) is 2.71. The summed E-state index contributed by atoms with van der Waals surface area (Å²) in [5.41, 5.74) is 1.12. The normalized spacial score (nSPS) is 11.5. The summed E-state index contributed by atoms with van der Waals surface area (Å²) in [6, 6.07) is 2.54. The van der Waals surface area contributed by atoms with E-state index in [2.05, 4.69) is 9.88 Å². The lowest BCUT2D eigenvalue weighted by atomic mass is 10.2. The zero-order valence-corrected chi connectivity index (χ0v) is 12.8. The lowest BCUT2D eigenvalue weighted by Crippen LogP contribution is -2.15. The van der Waals surface area contributed by atoms with Crippen molar-refractivity contribution in [3.8, 4) is 5.75 Å². The highest BCUT2D eigenvalue weighted by molar-refractivity contribution is 7.92. The zero-order chi connectivity index (χ0) is 15.8. The van der Waals surface area contributed by atoms with Gasteiger partial charge < -0.3 is 9.26 Å². The van der Waals surface area contributed by atoms with Gasteiger partial charge in [-0.2, -0.15) is 0 Å². The van der Waals surface area contributed by atoms with Crippen LogP contribution in [0.25, 0.3) is 0 Å². The minimum Gasteiger partial charge on any atom is -0.494 e. The zero-order valence-electron chi connectivity index (χ0n) is 12.0. The van der Waals surface area contributed by atoms with Crippen LogP contribution in [-0.2, 0) is 10.0 Å². The Morgan fingerprint density at radius 2 is 1.90 bits per heavy atom. The number of nitrogens with zero attached hydrogens (tertiary/aromatic N) is 1. The topological polar surface area (TPSA) is 81.4 Å². The van der Waals surface area contributed by atoms with E-state index in [0.29, 0.717) is 11.3 Å². The Morgan fingerprint density at radius 1 is 1.24 bits per heavy atom. The summed E-state index contributed by atoms with van der Waals surface area (Å²) in [5.74, 6) is -0.716. The second-order valence-electron chi connectivity index (χ2n) is 4.53. The van der Waals surface area contributed by atoms with Gasteiger partial charge in [0.2, 0.25) is 5.88 Å². The van der Waals surface area contributed by atoms with E-state index in [0.717, 1.165) is 0 Å². The monoisotopic (exact) mass is 314 g/mol. The lowest BCUT2D eigenvalue weighted by Gasteiger charge is -2.11. The molecular weight excluding hydrogens is 299 g/mol. The van der Waals surface area contributed by atoms with Crippen LogP contribution in [0, 0.1) is 26.6 Å². The molecule has 0 amide bonds. The quantitative estimate of drug-likeness (QED) is 0.938. The SMILES string of the molecule is COc1ccc(S(=O)(=O)Nc2onc(C)c2C)c(C)c1F. The van der Waals surface area contributed by atoms with Crippen molar-refractivity contribution in [2.45, 2.75) is 25.7 Å². The minimum atomic E-state index is -3.98. The number of benzene rings is 1. The van der Waals surface area contributed by atoms with Crippen molar-refractivity contribution in [1.82, 2.24) is 5.16 Å². The molecule has 1 heterocycles. The van der Waals surface area contributed by atoms with E-state index in [1.807, 2.05) is 0 Å². The Morgan fingerprint density at radius 3 is 2.43 bits per heavy atom. The Bertz CT molecular complexity index is 784. The summed E-state index contributed by atoms with van der Waals surface area (Å²) in [7, 11) is -2.67. The van der Waals surface area contributed by atoms with Crippen molar-refractivity contribution < 1.29 is 22.1 Å². The number of ether oxygens (including phenoxy) is 1. The second kappa shape index (κ2) is 5.36.